The molecule has 132 valence electrons. The Labute approximate surface area is 149 Å². The maximum absolute atomic E-state index is 14.0. The fraction of sp³-hybridized carbons (Fsp3) is 0.500. The molecule has 2 atom stereocenters. The molecule has 1 aliphatic heterocycles. The third-order valence-electron chi connectivity index (χ3n) is 6.29. The number of hydrogen-bond acceptors (Lipinski definition) is 5. The first-order valence-corrected chi connectivity index (χ1v) is 8.58. The zero-order chi connectivity index (χ0) is 18.0. The van der Waals surface area contributed by atoms with Crippen molar-refractivity contribution in [2.24, 2.45) is 10.8 Å². The second kappa shape index (κ2) is 5.04. The topological polar surface area (TPSA) is 65.2 Å². The van der Waals surface area contributed by atoms with Crippen molar-refractivity contribution >= 4 is 17.6 Å². The largest absolute Gasteiger partial charge is 0.448 e. The van der Waals surface area contributed by atoms with Crippen LogP contribution in [0, 0.1) is 16.6 Å². The lowest BCUT2D eigenvalue weighted by molar-refractivity contribution is -0.163. The van der Waals surface area contributed by atoms with Crippen LogP contribution in [0.4, 0.5) is 4.39 Å². The number of rotatable bonds is 3. The third kappa shape index (κ3) is 1.97. The molecule has 2 aromatic rings. The van der Waals surface area contributed by atoms with Gasteiger partial charge >= 0.3 is 5.97 Å². The van der Waals surface area contributed by atoms with Crippen molar-refractivity contribution in [3.63, 3.8) is 0 Å². The number of nitrogens with zero attached hydrogens (tertiary/aromatic N) is 2. The van der Waals surface area contributed by atoms with E-state index in [2.05, 4.69) is 10.1 Å². The number of esters is 1. The summed E-state index contributed by atoms with van der Waals surface area (Å²) in [6.07, 6.45) is 1.44. The first kappa shape index (κ1) is 16.5. The highest BCUT2D eigenvalue weighted by Crippen LogP contribution is 2.69. The minimum Gasteiger partial charge on any atom is -0.448 e. The summed E-state index contributed by atoms with van der Waals surface area (Å²) in [4.78, 5) is 16.8. The van der Waals surface area contributed by atoms with Crippen LogP contribution in [0.5, 0.6) is 0 Å². The first-order valence-electron chi connectivity index (χ1n) is 8.21. The standard InChI is InChI=1S/C18H18ClFN2O3/c1-16(2)17(3)7-8-18(16,24-15(17)23)14-21-13(22-25-14)9-10-11(19)5-4-6-12(10)20/h4-6H,7-9H2,1-3H3/t17-,18+/m0/s1. The van der Waals surface area contributed by atoms with Gasteiger partial charge in [0.2, 0.25) is 0 Å². The van der Waals surface area contributed by atoms with Gasteiger partial charge in [-0.2, -0.15) is 4.98 Å². The van der Waals surface area contributed by atoms with Crippen LogP contribution in [-0.2, 0) is 21.6 Å². The van der Waals surface area contributed by atoms with Crippen LogP contribution in [0.25, 0.3) is 0 Å². The third-order valence-corrected chi connectivity index (χ3v) is 6.65. The summed E-state index contributed by atoms with van der Waals surface area (Å²) >= 11 is 6.06. The Bertz CT molecular complexity index is 861. The fourth-order valence-corrected chi connectivity index (χ4v) is 4.30. The van der Waals surface area contributed by atoms with E-state index in [1.807, 2.05) is 20.8 Å². The number of carbonyl (C=O) groups is 1. The lowest BCUT2D eigenvalue weighted by Gasteiger charge is -2.33. The predicted octanol–water partition coefficient (Wildman–Crippen LogP) is 4.03. The molecule has 0 unspecified atom stereocenters. The highest BCUT2D eigenvalue weighted by atomic mass is 35.5. The van der Waals surface area contributed by atoms with E-state index in [4.69, 9.17) is 20.9 Å². The van der Waals surface area contributed by atoms with Gasteiger partial charge in [0.1, 0.15) is 5.82 Å². The van der Waals surface area contributed by atoms with Gasteiger partial charge in [-0.05, 0) is 31.9 Å². The van der Waals surface area contributed by atoms with E-state index in [-0.39, 0.29) is 18.3 Å². The summed E-state index contributed by atoms with van der Waals surface area (Å²) in [5.74, 6) is -0.0722. The second-order valence-corrected chi connectivity index (χ2v) is 7.97. The molecule has 1 aromatic carbocycles. The Balaban J connectivity index is 1.70. The summed E-state index contributed by atoms with van der Waals surface area (Å²) in [5.41, 5.74) is -1.66. The van der Waals surface area contributed by atoms with Crippen LogP contribution >= 0.6 is 11.6 Å². The summed E-state index contributed by atoms with van der Waals surface area (Å²) < 4.78 is 25.2. The number of aromatic nitrogens is 2. The Morgan fingerprint density at radius 1 is 1.28 bits per heavy atom. The summed E-state index contributed by atoms with van der Waals surface area (Å²) in [6, 6.07) is 4.50. The smallest absolute Gasteiger partial charge is 0.313 e. The Morgan fingerprint density at radius 2 is 2.04 bits per heavy atom. The molecule has 1 saturated heterocycles. The number of fused-ring (bicyclic) bond motifs is 2. The molecule has 2 aliphatic rings. The van der Waals surface area contributed by atoms with E-state index in [0.717, 1.165) is 0 Å². The minimum absolute atomic E-state index is 0.108. The molecule has 2 bridgehead atoms. The predicted molar refractivity (Wildman–Crippen MR) is 87.4 cm³/mol. The Kier molecular flexibility index (Phi) is 3.33. The van der Waals surface area contributed by atoms with Crippen molar-refractivity contribution in [3.8, 4) is 0 Å². The molecule has 7 heteroatoms. The molecule has 0 spiro atoms. The number of ether oxygens (including phenoxy) is 1. The number of hydrogen-bond donors (Lipinski definition) is 0. The van der Waals surface area contributed by atoms with Gasteiger partial charge in [0.05, 0.1) is 5.41 Å². The summed E-state index contributed by atoms with van der Waals surface area (Å²) in [6.45, 7) is 5.89. The lowest BCUT2D eigenvalue weighted by Crippen LogP contribution is -2.39. The molecule has 5 nitrogen and oxygen atoms in total. The van der Waals surface area contributed by atoms with Crippen LogP contribution in [-0.4, -0.2) is 16.1 Å². The first-order chi connectivity index (χ1) is 11.7. The quantitative estimate of drug-likeness (QED) is 0.769. The molecule has 1 aliphatic carbocycles. The number of carbonyl (C=O) groups excluding carboxylic acids is 1. The van der Waals surface area contributed by atoms with Gasteiger partial charge < -0.3 is 9.26 Å². The van der Waals surface area contributed by atoms with Crippen molar-refractivity contribution in [2.75, 3.05) is 0 Å². The molecular weight excluding hydrogens is 347 g/mol. The summed E-state index contributed by atoms with van der Waals surface area (Å²) in [5, 5.41) is 4.27. The Morgan fingerprint density at radius 3 is 2.64 bits per heavy atom. The highest BCUT2D eigenvalue weighted by molar-refractivity contribution is 6.31. The second-order valence-electron chi connectivity index (χ2n) is 7.57. The average molecular weight is 365 g/mol. The molecule has 25 heavy (non-hydrogen) atoms. The van der Waals surface area contributed by atoms with Gasteiger partial charge in [0, 0.05) is 22.4 Å². The SMILES string of the molecule is CC1(C)[C@@]2(C)CC[C@]1(c1nc(Cc3c(F)cccc3Cl)no1)OC2=O. The minimum atomic E-state index is -0.927. The molecule has 0 N–H and O–H groups in total. The van der Waals surface area contributed by atoms with Crippen molar-refractivity contribution in [1.29, 1.82) is 0 Å². The summed E-state index contributed by atoms with van der Waals surface area (Å²) in [7, 11) is 0. The normalized spacial score (nSPS) is 29.9. The maximum atomic E-state index is 14.0. The number of benzene rings is 1. The zero-order valence-corrected chi connectivity index (χ0v) is 15.0. The van der Waals surface area contributed by atoms with E-state index >= 15 is 0 Å². The average Bonchev–Trinajstić information content (AvgIpc) is 3.13. The van der Waals surface area contributed by atoms with Crippen molar-refractivity contribution in [1.82, 2.24) is 10.1 Å². The van der Waals surface area contributed by atoms with Crippen molar-refractivity contribution < 1.29 is 18.4 Å². The molecule has 0 amide bonds. The van der Waals surface area contributed by atoms with Gasteiger partial charge in [-0.1, -0.05) is 36.7 Å². The van der Waals surface area contributed by atoms with Gasteiger partial charge in [-0.25, -0.2) is 4.39 Å². The zero-order valence-electron chi connectivity index (χ0n) is 14.2. The fourth-order valence-electron chi connectivity index (χ4n) is 4.07. The van der Waals surface area contributed by atoms with Crippen molar-refractivity contribution in [2.45, 2.75) is 45.6 Å². The molecule has 2 heterocycles. The molecule has 0 radical (unpaired) electrons. The van der Waals surface area contributed by atoms with Gasteiger partial charge in [0.25, 0.3) is 5.89 Å². The molecular formula is C18H18ClFN2O3. The van der Waals surface area contributed by atoms with Crippen LogP contribution in [0.15, 0.2) is 22.7 Å². The monoisotopic (exact) mass is 364 g/mol. The molecule has 4 rings (SSSR count). The van der Waals surface area contributed by atoms with Gasteiger partial charge in [-0.15, -0.1) is 0 Å². The van der Waals surface area contributed by atoms with Crippen LogP contribution in [0.2, 0.25) is 5.02 Å². The molecule has 2 fully saturated rings. The number of halogens is 2. The van der Waals surface area contributed by atoms with E-state index in [9.17, 15) is 9.18 Å². The van der Waals surface area contributed by atoms with E-state index < -0.39 is 22.2 Å². The van der Waals surface area contributed by atoms with Crippen molar-refractivity contribution in [3.05, 3.63) is 46.3 Å². The highest BCUT2D eigenvalue weighted by Gasteiger charge is 2.75. The van der Waals surface area contributed by atoms with Crippen LogP contribution in [0.1, 0.15) is 50.9 Å². The molecule has 1 saturated carbocycles. The maximum Gasteiger partial charge on any atom is 0.313 e. The van der Waals surface area contributed by atoms with Crippen LogP contribution < -0.4 is 0 Å². The molecule has 1 aromatic heterocycles. The van der Waals surface area contributed by atoms with Crippen LogP contribution in [0.3, 0.4) is 0 Å². The van der Waals surface area contributed by atoms with Gasteiger partial charge in [-0.3, -0.25) is 4.79 Å². The van der Waals surface area contributed by atoms with E-state index in [1.54, 1.807) is 12.1 Å². The Hall–Kier alpha value is -1.95. The van der Waals surface area contributed by atoms with E-state index in [1.165, 1.54) is 6.07 Å². The lowest BCUT2D eigenvalue weighted by atomic mass is 9.66. The van der Waals surface area contributed by atoms with E-state index in [0.29, 0.717) is 29.3 Å². The van der Waals surface area contributed by atoms with Gasteiger partial charge in [0.15, 0.2) is 11.4 Å².